The summed E-state index contributed by atoms with van der Waals surface area (Å²) in [7, 11) is 0. The molecule has 0 heterocycles. The van der Waals surface area contributed by atoms with Gasteiger partial charge in [0.25, 0.3) is 0 Å². The summed E-state index contributed by atoms with van der Waals surface area (Å²) in [5, 5.41) is 4.57. The van der Waals surface area contributed by atoms with Crippen molar-refractivity contribution < 1.29 is 0 Å². The minimum absolute atomic E-state index is 0.826. The van der Waals surface area contributed by atoms with E-state index in [9.17, 15) is 0 Å². The normalized spacial score (nSPS) is 20.4. The van der Waals surface area contributed by atoms with Gasteiger partial charge in [0.2, 0.25) is 0 Å². The third-order valence-corrected chi connectivity index (χ3v) is 18.3. The molecule has 1 fully saturated rings. The fourth-order valence-electron chi connectivity index (χ4n) is 5.22. The van der Waals surface area contributed by atoms with Gasteiger partial charge < -0.3 is 0 Å². The van der Waals surface area contributed by atoms with Crippen molar-refractivity contribution in [2.45, 2.75) is 39.0 Å². The molecule has 0 spiro atoms. The van der Waals surface area contributed by atoms with Gasteiger partial charge in [-0.1, -0.05) is 0 Å². The molecule has 0 nitrogen and oxygen atoms in total. The van der Waals surface area contributed by atoms with Crippen LogP contribution in [0.15, 0.2) is 91.0 Å². The Morgan fingerprint density at radius 1 is 0.690 bits per heavy atom. The third kappa shape index (κ3) is 3.93. The maximum absolute atomic E-state index is 2.94. The first kappa shape index (κ1) is 21.1. The zero-order valence-corrected chi connectivity index (χ0v) is 20.4. The van der Waals surface area contributed by atoms with E-state index >= 15 is 0 Å². The molecular weight excluding hydrogens is 482 g/mol. The zero-order chi connectivity index (χ0) is 20.2. The first-order valence-corrected chi connectivity index (χ1v) is 16.3. The Hall–Kier alpha value is -1.18. The quantitative estimate of drug-likeness (QED) is 0.223. The summed E-state index contributed by atoms with van der Waals surface area (Å²) in [5.41, 5.74) is 0. The van der Waals surface area contributed by atoms with Gasteiger partial charge in [-0.15, -0.1) is 0 Å². The Labute approximate surface area is 189 Å². The van der Waals surface area contributed by atoms with Gasteiger partial charge in [0.1, 0.15) is 0 Å². The first-order valence-electron chi connectivity index (χ1n) is 11.0. The van der Waals surface area contributed by atoms with Crippen LogP contribution in [0.2, 0.25) is 0 Å². The second-order valence-electron chi connectivity index (χ2n) is 8.72. The van der Waals surface area contributed by atoms with E-state index in [0.29, 0.717) is 0 Å². The second kappa shape index (κ2) is 8.90. The first-order chi connectivity index (χ1) is 14.1. The van der Waals surface area contributed by atoms with Crippen molar-refractivity contribution in [3.05, 3.63) is 91.0 Å². The molecule has 1 aliphatic rings. The summed E-state index contributed by atoms with van der Waals surface area (Å²) < 4.78 is -2.56. The topological polar surface area (TPSA) is 0 Å². The number of halogens is 1. The van der Waals surface area contributed by atoms with Gasteiger partial charge in [-0.25, -0.2) is 0 Å². The molecular formula is C27H32IP. The van der Waals surface area contributed by atoms with Crippen molar-refractivity contribution in [1.29, 1.82) is 0 Å². The molecule has 152 valence electrons. The molecule has 0 unspecified atom stereocenters. The van der Waals surface area contributed by atoms with E-state index in [1.165, 1.54) is 54.2 Å². The molecule has 0 saturated heterocycles. The van der Waals surface area contributed by atoms with Crippen LogP contribution < -0.4 is 15.9 Å². The van der Waals surface area contributed by atoms with Gasteiger partial charge >= 0.3 is 190 Å². The number of benzene rings is 3. The van der Waals surface area contributed by atoms with Crippen LogP contribution in [-0.4, -0.2) is 6.16 Å². The molecule has 0 amide bonds. The van der Waals surface area contributed by atoms with Crippen LogP contribution in [0, 0.1) is 11.8 Å². The molecule has 3 aromatic carbocycles. The molecule has 0 bridgehead atoms. The number of hydrogen-bond acceptors (Lipinski definition) is 0. The Bertz CT molecular complexity index is 802. The SMILES string of the molecule is CCCCC1CC(CP(I)(c2ccccc2)(c2ccccc2)c2ccccc2)C1. The average Bonchev–Trinajstić information content (AvgIpc) is 2.77. The Kier molecular flexibility index (Phi) is 6.47. The van der Waals surface area contributed by atoms with Gasteiger partial charge in [-0.2, -0.15) is 0 Å². The van der Waals surface area contributed by atoms with Crippen LogP contribution in [0.25, 0.3) is 0 Å². The van der Waals surface area contributed by atoms with Crippen LogP contribution in [0.5, 0.6) is 0 Å². The van der Waals surface area contributed by atoms with Gasteiger partial charge in [0.05, 0.1) is 0 Å². The Morgan fingerprint density at radius 3 is 1.48 bits per heavy atom. The summed E-state index contributed by atoms with van der Waals surface area (Å²) in [6.45, 7) is 2.31. The van der Waals surface area contributed by atoms with Crippen molar-refractivity contribution >= 4 is 42.2 Å². The summed E-state index contributed by atoms with van der Waals surface area (Å²) in [4.78, 5) is 0. The summed E-state index contributed by atoms with van der Waals surface area (Å²) in [5.74, 6) is 1.78. The van der Waals surface area contributed by atoms with Crippen molar-refractivity contribution in [3.8, 4) is 0 Å². The van der Waals surface area contributed by atoms with E-state index in [0.717, 1.165) is 11.8 Å². The van der Waals surface area contributed by atoms with E-state index in [2.05, 4.69) is 120 Å². The minimum atomic E-state index is -2.56. The molecule has 1 aliphatic carbocycles. The molecule has 0 atom stereocenters. The van der Waals surface area contributed by atoms with Crippen molar-refractivity contribution in [2.24, 2.45) is 11.8 Å². The molecule has 3 aromatic rings. The summed E-state index contributed by atoms with van der Waals surface area (Å²) in [6, 6.07) is 34.2. The van der Waals surface area contributed by atoms with Crippen LogP contribution in [0.4, 0.5) is 0 Å². The van der Waals surface area contributed by atoms with E-state index < -0.39 is 4.25 Å². The van der Waals surface area contributed by atoms with Crippen LogP contribution in [-0.2, 0) is 0 Å². The van der Waals surface area contributed by atoms with E-state index in [1.807, 2.05) is 0 Å². The predicted molar refractivity (Wildman–Crippen MR) is 140 cm³/mol. The Morgan fingerprint density at radius 2 is 1.10 bits per heavy atom. The summed E-state index contributed by atoms with van der Waals surface area (Å²) >= 11 is 2.94. The van der Waals surface area contributed by atoms with Crippen LogP contribution >= 0.6 is 26.3 Å². The van der Waals surface area contributed by atoms with Crippen molar-refractivity contribution in [1.82, 2.24) is 0 Å². The van der Waals surface area contributed by atoms with Crippen LogP contribution in [0.1, 0.15) is 39.0 Å². The van der Waals surface area contributed by atoms with E-state index in [-0.39, 0.29) is 0 Å². The van der Waals surface area contributed by atoms with Crippen molar-refractivity contribution in [2.75, 3.05) is 6.16 Å². The van der Waals surface area contributed by atoms with Crippen LogP contribution in [0.3, 0.4) is 0 Å². The van der Waals surface area contributed by atoms with Gasteiger partial charge in [-0.05, 0) is 0 Å². The van der Waals surface area contributed by atoms with Gasteiger partial charge in [0, 0.05) is 0 Å². The molecule has 2 heteroatoms. The monoisotopic (exact) mass is 514 g/mol. The number of unbranched alkanes of at least 4 members (excludes halogenated alkanes) is 1. The molecule has 0 N–H and O–H groups in total. The third-order valence-electron chi connectivity index (χ3n) is 6.78. The fraction of sp³-hybridized carbons (Fsp3) is 0.333. The molecule has 0 radical (unpaired) electrons. The number of rotatable bonds is 8. The summed E-state index contributed by atoms with van der Waals surface area (Å²) in [6.07, 6.45) is 8.24. The molecule has 0 aliphatic heterocycles. The zero-order valence-electron chi connectivity index (χ0n) is 17.4. The van der Waals surface area contributed by atoms with E-state index in [4.69, 9.17) is 0 Å². The second-order valence-corrected chi connectivity index (χ2v) is 19.4. The Balaban J connectivity index is 1.82. The molecule has 4 rings (SSSR count). The van der Waals surface area contributed by atoms with E-state index in [1.54, 1.807) is 0 Å². The predicted octanol–water partition coefficient (Wildman–Crippen LogP) is 7.08. The van der Waals surface area contributed by atoms with Gasteiger partial charge in [0.15, 0.2) is 0 Å². The average molecular weight is 514 g/mol. The molecule has 29 heavy (non-hydrogen) atoms. The van der Waals surface area contributed by atoms with Gasteiger partial charge in [-0.3, -0.25) is 0 Å². The molecule has 1 saturated carbocycles. The fourth-order valence-corrected chi connectivity index (χ4v) is 15.0. The molecule has 0 aromatic heterocycles. The van der Waals surface area contributed by atoms with Crippen molar-refractivity contribution in [3.63, 3.8) is 0 Å². The standard InChI is InChI=1S/C27H32IP/c1-2-3-13-23-20-24(21-23)22-29(28,25-14-7-4-8-15-25,26-16-9-5-10-17-26)27-18-11-6-12-19-27/h4-12,14-19,23-24H,2-3,13,20-22H2,1H3. The maximum atomic E-state index is 2.94. The number of hydrogen-bond donors (Lipinski definition) is 0.